The molecule has 2 nitrogen and oxygen atoms in total. The standard InChI is InChI=1S/C15H30N2/c1-5-13-10-16-9-7-8-14(16)11-17(13)12-15(3,4)6-2/h13-14H,5-12H2,1-4H3. The molecule has 2 fully saturated rings. The van der Waals surface area contributed by atoms with Crippen LogP contribution >= 0.6 is 0 Å². The predicted octanol–water partition coefficient (Wildman–Crippen LogP) is 2.98. The van der Waals surface area contributed by atoms with Gasteiger partial charge in [0.05, 0.1) is 0 Å². The summed E-state index contributed by atoms with van der Waals surface area (Å²) in [6.07, 6.45) is 5.45. The first-order chi connectivity index (χ1) is 8.05. The largest absolute Gasteiger partial charge is 0.298 e. The second-order valence-corrected chi connectivity index (χ2v) is 6.80. The lowest BCUT2D eigenvalue weighted by Crippen LogP contribution is -2.57. The predicted molar refractivity (Wildman–Crippen MR) is 74.3 cm³/mol. The Labute approximate surface area is 107 Å². The third-order valence-electron chi connectivity index (χ3n) is 4.97. The normalized spacial score (nSPS) is 31.8. The van der Waals surface area contributed by atoms with E-state index in [0.717, 1.165) is 12.1 Å². The monoisotopic (exact) mass is 238 g/mol. The third-order valence-corrected chi connectivity index (χ3v) is 4.97. The van der Waals surface area contributed by atoms with E-state index in [9.17, 15) is 0 Å². The number of piperazine rings is 1. The Morgan fingerprint density at radius 1 is 1.18 bits per heavy atom. The van der Waals surface area contributed by atoms with Crippen LogP contribution in [-0.4, -0.2) is 48.1 Å². The Bertz CT molecular complexity index is 249. The maximum atomic E-state index is 2.79. The van der Waals surface area contributed by atoms with Crippen LogP contribution < -0.4 is 0 Å². The van der Waals surface area contributed by atoms with Crippen LogP contribution in [0, 0.1) is 5.41 Å². The molecule has 2 atom stereocenters. The van der Waals surface area contributed by atoms with Crippen LogP contribution in [0.3, 0.4) is 0 Å². The molecule has 0 radical (unpaired) electrons. The molecule has 2 unspecified atom stereocenters. The molecule has 0 aliphatic carbocycles. The minimum absolute atomic E-state index is 0.480. The van der Waals surface area contributed by atoms with E-state index >= 15 is 0 Å². The summed E-state index contributed by atoms with van der Waals surface area (Å²) in [5.41, 5.74) is 0.480. The zero-order chi connectivity index (χ0) is 12.5. The van der Waals surface area contributed by atoms with Crippen LogP contribution in [-0.2, 0) is 0 Å². The van der Waals surface area contributed by atoms with Gasteiger partial charge >= 0.3 is 0 Å². The molecular formula is C15H30N2. The van der Waals surface area contributed by atoms with Crippen LogP contribution in [0.15, 0.2) is 0 Å². The lowest BCUT2D eigenvalue weighted by Gasteiger charge is -2.46. The summed E-state index contributed by atoms with van der Waals surface area (Å²) in [5.74, 6) is 0. The highest BCUT2D eigenvalue weighted by Crippen LogP contribution is 2.29. The Hall–Kier alpha value is -0.0800. The van der Waals surface area contributed by atoms with Gasteiger partial charge in [-0.3, -0.25) is 9.80 Å². The molecule has 0 bridgehead atoms. The van der Waals surface area contributed by atoms with Crippen molar-refractivity contribution >= 4 is 0 Å². The molecule has 0 N–H and O–H groups in total. The smallest absolute Gasteiger partial charge is 0.0224 e. The van der Waals surface area contributed by atoms with Crippen molar-refractivity contribution < 1.29 is 0 Å². The van der Waals surface area contributed by atoms with E-state index < -0.39 is 0 Å². The zero-order valence-corrected chi connectivity index (χ0v) is 12.2. The molecule has 2 heterocycles. The summed E-state index contributed by atoms with van der Waals surface area (Å²) < 4.78 is 0. The number of nitrogens with zero attached hydrogens (tertiary/aromatic N) is 2. The molecular weight excluding hydrogens is 208 g/mol. The fourth-order valence-corrected chi connectivity index (χ4v) is 3.39. The van der Waals surface area contributed by atoms with Crippen molar-refractivity contribution in [3.63, 3.8) is 0 Å². The van der Waals surface area contributed by atoms with Gasteiger partial charge in [0.1, 0.15) is 0 Å². The molecule has 0 amide bonds. The van der Waals surface area contributed by atoms with Crippen molar-refractivity contribution in [3.05, 3.63) is 0 Å². The minimum atomic E-state index is 0.480. The van der Waals surface area contributed by atoms with Gasteiger partial charge in [-0.15, -0.1) is 0 Å². The van der Waals surface area contributed by atoms with Crippen LogP contribution in [0.1, 0.15) is 53.4 Å². The van der Waals surface area contributed by atoms with Gasteiger partial charge in [-0.2, -0.15) is 0 Å². The fourth-order valence-electron chi connectivity index (χ4n) is 3.39. The van der Waals surface area contributed by atoms with E-state index in [2.05, 4.69) is 37.5 Å². The highest BCUT2D eigenvalue weighted by Gasteiger charge is 2.36. The van der Waals surface area contributed by atoms with Crippen molar-refractivity contribution in [2.75, 3.05) is 26.2 Å². The van der Waals surface area contributed by atoms with Crippen molar-refractivity contribution in [1.82, 2.24) is 9.80 Å². The van der Waals surface area contributed by atoms with Crippen molar-refractivity contribution in [2.45, 2.75) is 65.5 Å². The van der Waals surface area contributed by atoms with E-state index in [1.54, 1.807) is 0 Å². The first-order valence-corrected chi connectivity index (χ1v) is 7.54. The molecule has 2 aliphatic rings. The first kappa shape index (κ1) is 13.4. The first-order valence-electron chi connectivity index (χ1n) is 7.54. The molecule has 0 aromatic rings. The molecule has 2 saturated heterocycles. The number of fused-ring (bicyclic) bond motifs is 1. The Morgan fingerprint density at radius 2 is 1.94 bits per heavy atom. The number of hydrogen-bond donors (Lipinski definition) is 0. The summed E-state index contributed by atoms with van der Waals surface area (Å²) in [6.45, 7) is 14.8. The molecule has 0 aromatic carbocycles. The van der Waals surface area contributed by atoms with E-state index in [4.69, 9.17) is 0 Å². The highest BCUT2D eigenvalue weighted by atomic mass is 15.3. The number of rotatable bonds is 4. The van der Waals surface area contributed by atoms with Gasteiger partial charge in [0.25, 0.3) is 0 Å². The van der Waals surface area contributed by atoms with E-state index in [1.165, 1.54) is 51.9 Å². The maximum absolute atomic E-state index is 2.79. The molecule has 17 heavy (non-hydrogen) atoms. The van der Waals surface area contributed by atoms with Crippen molar-refractivity contribution in [3.8, 4) is 0 Å². The molecule has 2 rings (SSSR count). The topological polar surface area (TPSA) is 6.48 Å². The van der Waals surface area contributed by atoms with Crippen LogP contribution in [0.5, 0.6) is 0 Å². The van der Waals surface area contributed by atoms with Gasteiger partial charge in [0.15, 0.2) is 0 Å². The second kappa shape index (κ2) is 5.27. The summed E-state index contributed by atoms with van der Waals surface area (Å²) in [6, 6.07) is 1.67. The molecule has 2 heteroatoms. The van der Waals surface area contributed by atoms with Gasteiger partial charge in [-0.05, 0) is 37.6 Å². The van der Waals surface area contributed by atoms with Crippen LogP contribution in [0.2, 0.25) is 0 Å². The van der Waals surface area contributed by atoms with Crippen molar-refractivity contribution in [2.24, 2.45) is 5.41 Å². The SMILES string of the molecule is CCC1CN2CCCC2CN1CC(C)(C)CC. The van der Waals surface area contributed by atoms with Crippen LogP contribution in [0.4, 0.5) is 0 Å². The molecule has 0 spiro atoms. The lowest BCUT2D eigenvalue weighted by atomic mass is 9.88. The molecule has 0 saturated carbocycles. The van der Waals surface area contributed by atoms with Gasteiger partial charge < -0.3 is 0 Å². The molecule has 100 valence electrons. The minimum Gasteiger partial charge on any atom is -0.298 e. The van der Waals surface area contributed by atoms with Crippen LogP contribution in [0.25, 0.3) is 0 Å². The second-order valence-electron chi connectivity index (χ2n) is 6.80. The van der Waals surface area contributed by atoms with E-state index in [0.29, 0.717) is 5.41 Å². The average molecular weight is 238 g/mol. The van der Waals surface area contributed by atoms with Gasteiger partial charge in [-0.1, -0.05) is 27.7 Å². The highest BCUT2D eigenvalue weighted by molar-refractivity contribution is 4.93. The molecule has 0 aromatic heterocycles. The quantitative estimate of drug-likeness (QED) is 0.743. The fraction of sp³-hybridized carbons (Fsp3) is 1.00. The summed E-state index contributed by atoms with van der Waals surface area (Å²) in [5, 5.41) is 0. The Kier molecular flexibility index (Phi) is 4.14. The Morgan fingerprint density at radius 3 is 2.59 bits per heavy atom. The van der Waals surface area contributed by atoms with Gasteiger partial charge in [0, 0.05) is 31.7 Å². The van der Waals surface area contributed by atoms with Crippen molar-refractivity contribution in [1.29, 1.82) is 0 Å². The summed E-state index contributed by atoms with van der Waals surface area (Å²) in [4.78, 5) is 5.53. The van der Waals surface area contributed by atoms with E-state index in [-0.39, 0.29) is 0 Å². The summed E-state index contributed by atoms with van der Waals surface area (Å²) in [7, 11) is 0. The average Bonchev–Trinajstić information content (AvgIpc) is 2.74. The zero-order valence-electron chi connectivity index (χ0n) is 12.2. The van der Waals surface area contributed by atoms with E-state index in [1.807, 2.05) is 0 Å². The van der Waals surface area contributed by atoms with Gasteiger partial charge in [-0.25, -0.2) is 0 Å². The molecule has 2 aliphatic heterocycles. The third kappa shape index (κ3) is 3.03. The maximum Gasteiger partial charge on any atom is 0.0224 e. The Balaban J connectivity index is 1.99. The lowest BCUT2D eigenvalue weighted by molar-refractivity contribution is 0.0236. The number of hydrogen-bond acceptors (Lipinski definition) is 2. The summed E-state index contributed by atoms with van der Waals surface area (Å²) >= 11 is 0. The van der Waals surface area contributed by atoms with Gasteiger partial charge in [0.2, 0.25) is 0 Å².